The van der Waals surface area contributed by atoms with Gasteiger partial charge < -0.3 is 15.2 Å². The monoisotopic (exact) mass is 349 g/mol. The Balaban J connectivity index is 1.86. The zero-order valence-corrected chi connectivity index (χ0v) is 14.3. The van der Waals surface area contributed by atoms with E-state index in [2.05, 4.69) is 5.32 Å². The summed E-state index contributed by atoms with van der Waals surface area (Å²) < 4.78 is 5.27. The van der Waals surface area contributed by atoms with Gasteiger partial charge in [-0.3, -0.25) is 4.79 Å². The standard InChI is InChI=1S/C21H19NO4/c1-26-19-12-5-3-8-15(19)13-18(21(24)25)22-20(23)17-11-6-9-14-7-2-4-10-16(14)17/h2-12,18H,13H2,1H3,(H,22,23)(H,24,25)/t18-/m1/s1. The van der Waals surface area contributed by atoms with Gasteiger partial charge in [-0.1, -0.05) is 54.6 Å². The van der Waals surface area contributed by atoms with Crippen molar-refractivity contribution in [3.8, 4) is 5.75 Å². The van der Waals surface area contributed by atoms with Gasteiger partial charge in [0.1, 0.15) is 11.8 Å². The second-order valence-electron chi connectivity index (χ2n) is 5.91. The highest BCUT2D eigenvalue weighted by Crippen LogP contribution is 2.21. The van der Waals surface area contributed by atoms with E-state index in [0.717, 1.165) is 16.3 Å². The van der Waals surface area contributed by atoms with Crippen LogP contribution in [0.25, 0.3) is 10.8 Å². The number of hydrogen-bond donors (Lipinski definition) is 2. The van der Waals surface area contributed by atoms with E-state index < -0.39 is 17.9 Å². The van der Waals surface area contributed by atoms with Gasteiger partial charge in [-0.2, -0.15) is 0 Å². The number of amides is 1. The van der Waals surface area contributed by atoms with Crippen LogP contribution in [0.3, 0.4) is 0 Å². The molecule has 0 aliphatic carbocycles. The molecule has 0 aliphatic heterocycles. The van der Waals surface area contributed by atoms with E-state index in [1.807, 2.05) is 42.5 Å². The maximum absolute atomic E-state index is 12.7. The van der Waals surface area contributed by atoms with Crippen LogP contribution in [0, 0.1) is 0 Å². The van der Waals surface area contributed by atoms with Gasteiger partial charge in [0.2, 0.25) is 0 Å². The molecule has 0 heterocycles. The smallest absolute Gasteiger partial charge is 0.326 e. The fourth-order valence-corrected chi connectivity index (χ4v) is 2.95. The van der Waals surface area contributed by atoms with Crippen molar-refractivity contribution in [3.63, 3.8) is 0 Å². The Morgan fingerprint density at radius 1 is 1.00 bits per heavy atom. The first-order valence-corrected chi connectivity index (χ1v) is 8.23. The van der Waals surface area contributed by atoms with Crippen LogP contribution >= 0.6 is 0 Å². The third kappa shape index (κ3) is 3.67. The fraction of sp³-hybridized carbons (Fsp3) is 0.143. The molecule has 0 spiro atoms. The third-order valence-electron chi connectivity index (χ3n) is 4.25. The average molecular weight is 349 g/mol. The van der Waals surface area contributed by atoms with Crippen LogP contribution in [-0.2, 0) is 11.2 Å². The van der Waals surface area contributed by atoms with Crippen molar-refractivity contribution in [2.75, 3.05) is 7.11 Å². The highest BCUT2D eigenvalue weighted by atomic mass is 16.5. The Hall–Kier alpha value is -3.34. The molecule has 0 fully saturated rings. The summed E-state index contributed by atoms with van der Waals surface area (Å²) in [5, 5.41) is 13.9. The van der Waals surface area contributed by atoms with E-state index in [1.165, 1.54) is 7.11 Å². The zero-order chi connectivity index (χ0) is 18.5. The number of methoxy groups -OCH3 is 1. The van der Waals surface area contributed by atoms with Crippen molar-refractivity contribution in [2.24, 2.45) is 0 Å². The van der Waals surface area contributed by atoms with E-state index >= 15 is 0 Å². The zero-order valence-electron chi connectivity index (χ0n) is 14.3. The summed E-state index contributed by atoms with van der Waals surface area (Å²) in [6, 6.07) is 19.0. The molecular formula is C21H19NO4. The lowest BCUT2D eigenvalue weighted by Gasteiger charge is -2.17. The molecule has 1 amide bonds. The molecule has 0 saturated heterocycles. The predicted octanol–water partition coefficient (Wildman–Crippen LogP) is 3.27. The van der Waals surface area contributed by atoms with E-state index in [4.69, 9.17) is 4.74 Å². The van der Waals surface area contributed by atoms with Crippen LogP contribution in [0.2, 0.25) is 0 Å². The van der Waals surface area contributed by atoms with E-state index in [9.17, 15) is 14.7 Å². The molecule has 5 nitrogen and oxygen atoms in total. The Kier molecular flexibility index (Phi) is 5.17. The number of fused-ring (bicyclic) bond motifs is 1. The van der Waals surface area contributed by atoms with Crippen LogP contribution in [0.1, 0.15) is 15.9 Å². The second-order valence-corrected chi connectivity index (χ2v) is 5.91. The SMILES string of the molecule is COc1ccccc1C[C@@H](NC(=O)c1cccc2ccccc12)C(=O)O. The number of rotatable bonds is 6. The van der Waals surface area contributed by atoms with Gasteiger partial charge in [-0.25, -0.2) is 4.79 Å². The molecule has 3 rings (SSSR count). The number of hydrogen-bond acceptors (Lipinski definition) is 3. The molecule has 2 N–H and O–H groups in total. The summed E-state index contributed by atoms with van der Waals surface area (Å²) in [7, 11) is 1.53. The molecule has 3 aromatic rings. The van der Waals surface area contributed by atoms with Gasteiger partial charge in [-0.15, -0.1) is 0 Å². The van der Waals surface area contributed by atoms with Crippen molar-refractivity contribution < 1.29 is 19.4 Å². The number of nitrogens with one attached hydrogen (secondary N) is 1. The Bertz CT molecular complexity index is 946. The number of carboxylic acids is 1. The number of benzene rings is 3. The Labute approximate surface area is 151 Å². The molecule has 1 atom stereocenters. The Morgan fingerprint density at radius 2 is 1.69 bits per heavy atom. The minimum Gasteiger partial charge on any atom is -0.496 e. The lowest BCUT2D eigenvalue weighted by atomic mass is 10.0. The van der Waals surface area contributed by atoms with Crippen molar-refractivity contribution in [3.05, 3.63) is 77.9 Å². The van der Waals surface area contributed by atoms with Gasteiger partial charge in [-0.05, 0) is 28.5 Å². The number of carbonyl (C=O) groups is 2. The van der Waals surface area contributed by atoms with Gasteiger partial charge in [0.25, 0.3) is 5.91 Å². The summed E-state index contributed by atoms with van der Waals surface area (Å²) >= 11 is 0. The lowest BCUT2D eigenvalue weighted by molar-refractivity contribution is -0.139. The normalized spacial score (nSPS) is 11.7. The lowest BCUT2D eigenvalue weighted by Crippen LogP contribution is -2.42. The highest BCUT2D eigenvalue weighted by molar-refractivity contribution is 6.07. The van der Waals surface area contributed by atoms with Gasteiger partial charge in [0.15, 0.2) is 0 Å². The molecule has 0 radical (unpaired) electrons. The van der Waals surface area contributed by atoms with E-state index in [1.54, 1.807) is 24.3 Å². The Morgan fingerprint density at radius 3 is 2.46 bits per heavy atom. The van der Waals surface area contributed by atoms with Crippen LogP contribution in [0.4, 0.5) is 0 Å². The minimum atomic E-state index is -1.09. The maximum atomic E-state index is 12.7. The topological polar surface area (TPSA) is 75.6 Å². The summed E-state index contributed by atoms with van der Waals surface area (Å²) in [6.45, 7) is 0. The second kappa shape index (κ2) is 7.70. The molecule has 0 aliphatic rings. The third-order valence-corrected chi connectivity index (χ3v) is 4.25. The van der Waals surface area contributed by atoms with Crippen LogP contribution in [0.5, 0.6) is 5.75 Å². The molecule has 0 unspecified atom stereocenters. The van der Waals surface area contributed by atoms with Crippen molar-refractivity contribution in [2.45, 2.75) is 12.5 Å². The first-order valence-electron chi connectivity index (χ1n) is 8.23. The predicted molar refractivity (Wildman–Crippen MR) is 99.5 cm³/mol. The van der Waals surface area contributed by atoms with Crippen LogP contribution in [0.15, 0.2) is 66.7 Å². The molecular weight excluding hydrogens is 330 g/mol. The molecule has 0 aromatic heterocycles. The van der Waals surface area contributed by atoms with Crippen molar-refractivity contribution in [1.82, 2.24) is 5.32 Å². The number of para-hydroxylation sites is 1. The minimum absolute atomic E-state index is 0.135. The highest BCUT2D eigenvalue weighted by Gasteiger charge is 2.23. The summed E-state index contributed by atoms with van der Waals surface area (Å²) in [6.07, 6.45) is 0.135. The summed E-state index contributed by atoms with van der Waals surface area (Å²) in [5.74, 6) is -0.910. The molecule has 0 saturated carbocycles. The van der Waals surface area contributed by atoms with Gasteiger partial charge in [0.05, 0.1) is 7.11 Å². The molecule has 132 valence electrons. The molecule has 0 bridgehead atoms. The fourth-order valence-electron chi connectivity index (χ4n) is 2.95. The number of carboxylic acid groups (broad SMARTS) is 1. The van der Waals surface area contributed by atoms with Crippen molar-refractivity contribution >= 4 is 22.6 Å². The maximum Gasteiger partial charge on any atom is 0.326 e. The average Bonchev–Trinajstić information content (AvgIpc) is 2.67. The molecule has 3 aromatic carbocycles. The van der Waals surface area contributed by atoms with E-state index in [0.29, 0.717) is 11.3 Å². The first kappa shape index (κ1) is 17.5. The number of ether oxygens (including phenoxy) is 1. The largest absolute Gasteiger partial charge is 0.496 e. The molecule has 26 heavy (non-hydrogen) atoms. The number of carbonyl (C=O) groups excluding carboxylic acids is 1. The van der Waals surface area contributed by atoms with Crippen LogP contribution in [-0.4, -0.2) is 30.1 Å². The first-order chi connectivity index (χ1) is 12.6. The molecule has 5 heteroatoms. The van der Waals surface area contributed by atoms with Crippen LogP contribution < -0.4 is 10.1 Å². The number of aliphatic carboxylic acids is 1. The van der Waals surface area contributed by atoms with Gasteiger partial charge >= 0.3 is 5.97 Å². The summed E-state index contributed by atoms with van der Waals surface area (Å²) in [5.41, 5.74) is 1.18. The van der Waals surface area contributed by atoms with Gasteiger partial charge in [0, 0.05) is 12.0 Å². The van der Waals surface area contributed by atoms with E-state index in [-0.39, 0.29) is 6.42 Å². The summed E-state index contributed by atoms with van der Waals surface area (Å²) in [4.78, 5) is 24.4. The quantitative estimate of drug-likeness (QED) is 0.716. The van der Waals surface area contributed by atoms with Crippen molar-refractivity contribution in [1.29, 1.82) is 0 Å².